The lowest BCUT2D eigenvalue weighted by Crippen LogP contribution is -2.57. The van der Waals surface area contributed by atoms with Gasteiger partial charge in [-0.15, -0.1) is 0 Å². The second kappa shape index (κ2) is 12.1. The van der Waals surface area contributed by atoms with Gasteiger partial charge in [0.15, 0.2) is 0 Å². The first-order valence-electron chi connectivity index (χ1n) is 10.2. The molecule has 1 aliphatic rings. The van der Waals surface area contributed by atoms with Crippen molar-refractivity contribution in [2.45, 2.75) is 77.0 Å². The van der Waals surface area contributed by atoms with E-state index in [4.69, 9.17) is 10.8 Å². The van der Waals surface area contributed by atoms with Crippen LogP contribution in [0.1, 0.15) is 52.9 Å². The van der Waals surface area contributed by atoms with E-state index in [1.807, 2.05) is 13.8 Å². The third kappa shape index (κ3) is 8.76. The number of hydrogen-bond donors (Lipinski definition) is 6. The number of carbonyl (C=O) groups excluding carboxylic acids is 4. The summed E-state index contributed by atoms with van der Waals surface area (Å²) in [6.45, 7) is 5.73. The van der Waals surface area contributed by atoms with Gasteiger partial charge >= 0.3 is 5.97 Å². The number of nitrogens with two attached hydrogens (primary N) is 1. The molecule has 1 fully saturated rings. The summed E-state index contributed by atoms with van der Waals surface area (Å²) in [4.78, 5) is 59.9. The number of nitrogens with one attached hydrogen (secondary N) is 4. The summed E-state index contributed by atoms with van der Waals surface area (Å²) >= 11 is 0. The normalized spacial score (nSPS) is 18.9. The predicted molar refractivity (Wildman–Crippen MR) is 108 cm³/mol. The molecule has 1 aliphatic heterocycles. The molecule has 0 radical (unpaired) electrons. The van der Waals surface area contributed by atoms with Gasteiger partial charge in [0.2, 0.25) is 23.6 Å². The van der Waals surface area contributed by atoms with Gasteiger partial charge in [-0.2, -0.15) is 0 Å². The summed E-state index contributed by atoms with van der Waals surface area (Å²) in [6.07, 6.45) is 1.62. The molecule has 0 bridgehead atoms. The van der Waals surface area contributed by atoms with Crippen molar-refractivity contribution in [2.75, 3.05) is 6.54 Å². The van der Waals surface area contributed by atoms with Crippen molar-refractivity contribution in [1.82, 2.24) is 21.3 Å². The van der Waals surface area contributed by atoms with Gasteiger partial charge in [-0.25, -0.2) is 0 Å². The minimum atomic E-state index is -1.20. The van der Waals surface area contributed by atoms with E-state index in [0.29, 0.717) is 13.0 Å². The van der Waals surface area contributed by atoms with E-state index < -0.39 is 47.9 Å². The van der Waals surface area contributed by atoms with Crippen LogP contribution in [0.3, 0.4) is 0 Å². The molecule has 1 saturated heterocycles. The maximum atomic E-state index is 12.8. The third-order valence-electron chi connectivity index (χ3n) is 4.76. The molecular weight excluding hydrogens is 394 g/mol. The van der Waals surface area contributed by atoms with Gasteiger partial charge in [0.05, 0.1) is 6.04 Å². The lowest BCUT2D eigenvalue weighted by atomic mass is 10.0. The standard InChI is InChI=1S/C19H33N5O6/c1-10(2)9-14(18(28)22-11(3)19(29)30)24-17(27)13(6-7-15(20)25)23-16(26)12-5-4-8-21-12/h10-14,21H,4-9H2,1-3H3,(H2,20,25)(H,22,28)(H,23,26)(H,24,27)(H,29,30)/t11-,12-,13-,14-/m0/s1. The van der Waals surface area contributed by atoms with E-state index in [1.165, 1.54) is 6.92 Å². The van der Waals surface area contributed by atoms with E-state index in [0.717, 1.165) is 6.42 Å². The number of hydrogen-bond acceptors (Lipinski definition) is 6. The first-order valence-corrected chi connectivity index (χ1v) is 10.2. The van der Waals surface area contributed by atoms with Gasteiger partial charge < -0.3 is 32.1 Å². The average molecular weight is 428 g/mol. The molecule has 11 heteroatoms. The predicted octanol–water partition coefficient (Wildman–Crippen LogP) is -1.39. The van der Waals surface area contributed by atoms with E-state index in [9.17, 15) is 24.0 Å². The van der Waals surface area contributed by atoms with Crippen LogP contribution in [-0.2, 0) is 24.0 Å². The summed E-state index contributed by atoms with van der Waals surface area (Å²) in [5.41, 5.74) is 5.18. The molecule has 4 atom stereocenters. The van der Waals surface area contributed by atoms with Gasteiger partial charge in [0.1, 0.15) is 18.1 Å². The number of rotatable bonds is 12. The number of carboxylic acid groups (broad SMARTS) is 1. The second-order valence-electron chi connectivity index (χ2n) is 7.97. The highest BCUT2D eigenvalue weighted by atomic mass is 16.4. The minimum Gasteiger partial charge on any atom is -0.480 e. The number of carboxylic acids is 1. The van der Waals surface area contributed by atoms with Crippen LogP contribution in [0.25, 0.3) is 0 Å². The van der Waals surface area contributed by atoms with Crippen LogP contribution in [0.2, 0.25) is 0 Å². The molecule has 1 heterocycles. The summed E-state index contributed by atoms with van der Waals surface area (Å²) in [5.74, 6) is -3.42. The zero-order valence-corrected chi connectivity index (χ0v) is 17.7. The lowest BCUT2D eigenvalue weighted by molar-refractivity contribution is -0.142. The maximum Gasteiger partial charge on any atom is 0.325 e. The molecule has 30 heavy (non-hydrogen) atoms. The van der Waals surface area contributed by atoms with Gasteiger partial charge in [-0.05, 0) is 45.1 Å². The molecule has 0 saturated carbocycles. The van der Waals surface area contributed by atoms with Gasteiger partial charge in [0, 0.05) is 6.42 Å². The molecule has 170 valence electrons. The quantitative estimate of drug-likeness (QED) is 0.222. The molecule has 0 spiro atoms. The first kappa shape index (κ1) is 25.3. The zero-order valence-electron chi connectivity index (χ0n) is 17.7. The maximum absolute atomic E-state index is 12.8. The van der Waals surface area contributed by atoms with Crippen LogP contribution in [0.4, 0.5) is 0 Å². The number of aliphatic carboxylic acids is 1. The van der Waals surface area contributed by atoms with Crippen molar-refractivity contribution in [3.8, 4) is 0 Å². The Bertz CT molecular complexity index is 647. The molecule has 1 rings (SSSR count). The highest BCUT2D eigenvalue weighted by Gasteiger charge is 2.31. The number of carbonyl (C=O) groups is 5. The molecule has 0 aromatic rings. The summed E-state index contributed by atoms with van der Waals surface area (Å²) < 4.78 is 0. The fourth-order valence-corrected chi connectivity index (χ4v) is 3.09. The van der Waals surface area contributed by atoms with E-state index in [2.05, 4.69) is 21.3 Å². The Morgan fingerprint density at radius 2 is 1.67 bits per heavy atom. The Morgan fingerprint density at radius 3 is 2.17 bits per heavy atom. The molecule has 4 amide bonds. The molecule has 0 aromatic heterocycles. The molecular formula is C19H33N5O6. The van der Waals surface area contributed by atoms with Crippen LogP contribution in [0, 0.1) is 5.92 Å². The fraction of sp³-hybridized carbons (Fsp3) is 0.737. The Morgan fingerprint density at radius 1 is 1.03 bits per heavy atom. The lowest BCUT2D eigenvalue weighted by Gasteiger charge is -2.25. The SMILES string of the molecule is CC(C)C[C@H](NC(=O)[C@H](CCC(N)=O)NC(=O)[C@@H]1CCCN1)C(=O)N[C@@H](C)C(=O)O. The first-order chi connectivity index (χ1) is 14.0. The van der Waals surface area contributed by atoms with Crippen LogP contribution in [0.15, 0.2) is 0 Å². The zero-order chi connectivity index (χ0) is 22.8. The highest BCUT2D eigenvalue weighted by molar-refractivity contribution is 5.94. The van der Waals surface area contributed by atoms with E-state index in [1.54, 1.807) is 0 Å². The molecule has 11 nitrogen and oxygen atoms in total. The van der Waals surface area contributed by atoms with Crippen LogP contribution < -0.4 is 27.0 Å². The van der Waals surface area contributed by atoms with Crippen molar-refractivity contribution < 1.29 is 29.1 Å². The van der Waals surface area contributed by atoms with Crippen molar-refractivity contribution in [2.24, 2.45) is 11.7 Å². The van der Waals surface area contributed by atoms with Crippen LogP contribution in [0.5, 0.6) is 0 Å². The second-order valence-corrected chi connectivity index (χ2v) is 7.97. The van der Waals surface area contributed by atoms with Crippen LogP contribution in [-0.4, -0.2) is 65.4 Å². The van der Waals surface area contributed by atoms with Crippen molar-refractivity contribution >= 4 is 29.6 Å². The van der Waals surface area contributed by atoms with Gasteiger partial charge in [0.25, 0.3) is 0 Å². The molecule has 0 aromatic carbocycles. The fourth-order valence-electron chi connectivity index (χ4n) is 3.09. The Balaban J connectivity index is 2.87. The topological polar surface area (TPSA) is 180 Å². The van der Waals surface area contributed by atoms with Crippen molar-refractivity contribution in [1.29, 1.82) is 0 Å². The van der Waals surface area contributed by atoms with Gasteiger partial charge in [-0.1, -0.05) is 13.8 Å². The smallest absolute Gasteiger partial charge is 0.325 e. The minimum absolute atomic E-state index is 0.0127. The number of primary amides is 1. The Labute approximate surface area is 175 Å². The highest BCUT2D eigenvalue weighted by Crippen LogP contribution is 2.09. The van der Waals surface area contributed by atoms with E-state index >= 15 is 0 Å². The third-order valence-corrected chi connectivity index (χ3v) is 4.76. The summed E-state index contributed by atoms with van der Waals surface area (Å²) in [7, 11) is 0. The van der Waals surface area contributed by atoms with E-state index in [-0.39, 0.29) is 31.1 Å². The average Bonchev–Trinajstić information content (AvgIpc) is 3.18. The Hall–Kier alpha value is -2.69. The monoisotopic (exact) mass is 427 g/mol. The molecule has 0 aliphatic carbocycles. The van der Waals surface area contributed by atoms with Crippen LogP contribution >= 0.6 is 0 Å². The van der Waals surface area contributed by atoms with Gasteiger partial charge in [-0.3, -0.25) is 24.0 Å². The largest absolute Gasteiger partial charge is 0.480 e. The summed E-state index contributed by atoms with van der Waals surface area (Å²) in [5, 5.41) is 19.6. The number of amides is 4. The molecule has 0 unspecified atom stereocenters. The van der Waals surface area contributed by atoms with Crippen molar-refractivity contribution in [3.05, 3.63) is 0 Å². The molecule has 7 N–H and O–H groups in total. The van der Waals surface area contributed by atoms with Crippen molar-refractivity contribution in [3.63, 3.8) is 0 Å². The Kier molecular flexibility index (Phi) is 10.2. The summed E-state index contributed by atoms with van der Waals surface area (Å²) in [6, 6.07) is -3.58.